The summed E-state index contributed by atoms with van der Waals surface area (Å²) in [6, 6.07) is 23.7. The van der Waals surface area contributed by atoms with Crippen molar-refractivity contribution in [2.75, 3.05) is 0 Å². The molecule has 0 N–H and O–H groups in total. The Morgan fingerprint density at radius 3 is 1.33 bits per heavy atom. The molecule has 0 saturated heterocycles. The summed E-state index contributed by atoms with van der Waals surface area (Å²) >= 11 is 0. The smallest absolute Gasteiger partial charge is 0.0131 e. The van der Waals surface area contributed by atoms with Crippen molar-refractivity contribution in [2.24, 2.45) is 64.6 Å². The predicted molar refractivity (Wildman–Crippen MR) is 174 cm³/mol. The van der Waals surface area contributed by atoms with Gasteiger partial charge in [-0.15, -0.1) is 0 Å². The first-order valence-electron chi connectivity index (χ1n) is 18.9. The molecular formula is C42H56. The molecule has 7 saturated carbocycles. The van der Waals surface area contributed by atoms with Crippen LogP contribution in [0.2, 0.25) is 0 Å². The highest BCUT2D eigenvalue weighted by molar-refractivity contribution is 5.25. The van der Waals surface area contributed by atoms with Gasteiger partial charge in [0.05, 0.1) is 0 Å². The first-order chi connectivity index (χ1) is 20.8. The van der Waals surface area contributed by atoms with Gasteiger partial charge in [0.2, 0.25) is 0 Å². The molecule has 7 aliphatic carbocycles. The lowest BCUT2D eigenvalue weighted by Gasteiger charge is -2.57. The van der Waals surface area contributed by atoms with E-state index < -0.39 is 0 Å². The van der Waals surface area contributed by atoms with E-state index in [2.05, 4.69) is 60.7 Å². The summed E-state index contributed by atoms with van der Waals surface area (Å²) in [6.07, 6.45) is 26.2. The van der Waals surface area contributed by atoms with Crippen LogP contribution >= 0.6 is 0 Å². The summed E-state index contributed by atoms with van der Waals surface area (Å²) in [5.41, 5.74) is 4.11. The molecule has 224 valence electrons. The standard InChI is InChI=1S/C42H56/c1-3-12-28(13-4-1)31-18-9-20-35-33(31)22-24-37-39(35)40-36-21-10-19-32(29-14-5-2-6-15-29)34(36)23-25-38(40)41(37)42(26-11-27-42)30-16-7-8-17-30/h1-6,12-15,30-41H,7-11,16-27H2. The van der Waals surface area contributed by atoms with Crippen molar-refractivity contribution >= 4 is 0 Å². The van der Waals surface area contributed by atoms with Gasteiger partial charge in [0.1, 0.15) is 0 Å². The molecule has 0 aromatic heterocycles. The summed E-state index contributed by atoms with van der Waals surface area (Å²) in [6.45, 7) is 0. The Kier molecular flexibility index (Phi) is 6.90. The molecule has 10 unspecified atom stereocenters. The van der Waals surface area contributed by atoms with Gasteiger partial charge in [0.15, 0.2) is 0 Å². The number of fused-ring (bicyclic) bond motifs is 7. The molecular weight excluding hydrogens is 504 g/mol. The first kappa shape index (κ1) is 26.8. The van der Waals surface area contributed by atoms with Crippen molar-refractivity contribution in [3.05, 3.63) is 71.8 Å². The second kappa shape index (κ2) is 10.8. The first-order valence-corrected chi connectivity index (χ1v) is 18.9. The molecule has 10 atom stereocenters. The van der Waals surface area contributed by atoms with E-state index in [-0.39, 0.29) is 0 Å². The minimum atomic E-state index is 0.750. The summed E-state index contributed by atoms with van der Waals surface area (Å²) in [4.78, 5) is 0. The van der Waals surface area contributed by atoms with Crippen LogP contribution in [0.1, 0.15) is 132 Å². The highest BCUT2D eigenvalue weighted by atomic mass is 14.7. The predicted octanol–water partition coefficient (Wildman–Crippen LogP) is 11.4. The molecule has 0 spiro atoms. The normalized spacial score (nSPS) is 44.3. The van der Waals surface area contributed by atoms with Crippen LogP contribution in [0.3, 0.4) is 0 Å². The molecule has 7 aliphatic rings. The van der Waals surface area contributed by atoms with Crippen molar-refractivity contribution in [3.8, 4) is 0 Å². The van der Waals surface area contributed by atoms with Crippen LogP contribution in [0.5, 0.6) is 0 Å². The SMILES string of the molecule is c1ccc(C2CCCC3C2CCC2C3C3C4CCCC(c5ccccc5)C4CCC3C2C2(C3CCCC3)CCC2)cc1. The van der Waals surface area contributed by atoms with Gasteiger partial charge in [0, 0.05) is 0 Å². The van der Waals surface area contributed by atoms with Gasteiger partial charge < -0.3 is 0 Å². The highest BCUT2D eigenvalue weighted by Gasteiger charge is 2.67. The number of rotatable bonds is 4. The zero-order valence-electron chi connectivity index (χ0n) is 26.2. The minimum absolute atomic E-state index is 0.750. The van der Waals surface area contributed by atoms with E-state index in [1.165, 1.54) is 38.5 Å². The summed E-state index contributed by atoms with van der Waals surface area (Å²) in [5.74, 6) is 12.0. The lowest BCUT2D eigenvalue weighted by Crippen LogP contribution is -2.49. The lowest BCUT2D eigenvalue weighted by molar-refractivity contribution is -0.0772. The van der Waals surface area contributed by atoms with Crippen LogP contribution in [0.15, 0.2) is 60.7 Å². The Hall–Kier alpha value is -1.56. The van der Waals surface area contributed by atoms with Gasteiger partial charge in [-0.05, 0) is 165 Å². The van der Waals surface area contributed by atoms with Gasteiger partial charge in [-0.25, -0.2) is 0 Å². The van der Waals surface area contributed by atoms with Crippen LogP contribution in [0, 0.1) is 64.6 Å². The number of benzene rings is 2. The van der Waals surface area contributed by atoms with E-state index in [1.54, 1.807) is 81.8 Å². The van der Waals surface area contributed by atoms with Crippen LogP contribution in [0.4, 0.5) is 0 Å². The van der Waals surface area contributed by atoms with Crippen molar-refractivity contribution in [2.45, 2.75) is 121 Å². The monoisotopic (exact) mass is 560 g/mol. The van der Waals surface area contributed by atoms with Crippen molar-refractivity contribution < 1.29 is 0 Å². The Balaban J connectivity index is 1.11. The molecule has 2 aromatic carbocycles. The Labute approximate surface area is 256 Å². The van der Waals surface area contributed by atoms with E-state index in [9.17, 15) is 0 Å². The Morgan fingerprint density at radius 2 is 0.881 bits per heavy atom. The van der Waals surface area contributed by atoms with E-state index >= 15 is 0 Å². The second-order valence-electron chi connectivity index (χ2n) is 16.8. The van der Waals surface area contributed by atoms with Crippen molar-refractivity contribution in [3.63, 3.8) is 0 Å². The Morgan fingerprint density at radius 1 is 0.405 bits per heavy atom. The largest absolute Gasteiger partial charge is 0.0622 e. The molecule has 0 nitrogen and oxygen atoms in total. The maximum absolute atomic E-state index is 2.49. The molecule has 0 radical (unpaired) electrons. The third kappa shape index (κ3) is 4.04. The topological polar surface area (TPSA) is 0 Å². The third-order valence-electron chi connectivity index (χ3n) is 15.8. The molecule has 0 aliphatic heterocycles. The van der Waals surface area contributed by atoms with Crippen molar-refractivity contribution in [1.29, 1.82) is 0 Å². The van der Waals surface area contributed by atoms with Crippen LogP contribution < -0.4 is 0 Å². The second-order valence-corrected chi connectivity index (χ2v) is 16.8. The fourth-order valence-electron chi connectivity index (χ4n) is 14.7. The summed E-state index contributed by atoms with van der Waals surface area (Å²) < 4.78 is 0. The third-order valence-corrected chi connectivity index (χ3v) is 15.8. The highest BCUT2D eigenvalue weighted by Crippen LogP contribution is 2.74. The zero-order chi connectivity index (χ0) is 27.7. The summed E-state index contributed by atoms with van der Waals surface area (Å²) in [5, 5.41) is 0. The van der Waals surface area contributed by atoms with E-state index in [4.69, 9.17) is 0 Å². The van der Waals surface area contributed by atoms with Gasteiger partial charge >= 0.3 is 0 Å². The van der Waals surface area contributed by atoms with Gasteiger partial charge in [-0.1, -0.05) is 92.8 Å². The molecule has 42 heavy (non-hydrogen) atoms. The molecule has 0 heteroatoms. The average Bonchev–Trinajstić information content (AvgIpc) is 3.69. The van der Waals surface area contributed by atoms with Crippen molar-refractivity contribution in [1.82, 2.24) is 0 Å². The van der Waals surface area contributed by atoms with Gasteiger partial charge in [-0.2, -0.15) is 0 Å². The van der Waals surface area contributed by atoms with E-state index in [0.717, 1.165) is 76.4 Å². The maximum atomic E-state index is 2.49. The maximum Gasteiger partial charge on any atom is -0.0131 e. The van der Waals surface area contributed by atoms with Crippen LogP contribution in [-0.2, 0) is 0 Å². The molecule has 0 heterocycles. The number of hydrogen-bond acceptors (Lipinski definition) is 0. The quantitative estimate of drug-likeness (QED) is 0.349. The molecule has 0 amide bonds. The average molecular weight is 561 g/mol. The summed E-state index contributed by atoms with van der Waals surface area (Å²) in [7, 11) is 0. The fraction of sp³-hybridized carbons (Fsp3) is 0.714. The van der Waals surface area contributed by atoms with Gasteiger partial charge in [0.25, 0.3) is 0 Å². The fourth-order valence-corrected chi connectivity index (χ4v) is 14.7. The van der Waals surface area contributed by atoms with Crippen LogP contribution in [0.25, 0.3) is 0 Å². The molecule has 7 fully saturated rings. The Bertz CT molecular complexity index is 1120. The minimum Gasteiger partial charge on any atom is -0.0622 e. The lowest BCUT2D eigenvalue weighted by atomic mass is 9.48. The van der Waals surface area contributed by atoms with Gasteiger partial charge in [-0.3, -0.25) is 0 Å². The van der Waals surface area contributed by atoms with E-state index in [0.29, 0.717) is 0 Å². The van der Waals surface area contributed by atoms with Crippen LogP contribution in [-0.4, -0.2) is 0 Å². The zero-order valence-corrected chi connectivity index (χ0v) is 26.2. The molecule has 2 aromatic rings. The molecule has 9 rings (SSSR count). The van der Waals surface area contributed by atoms with E-state index in [1.807, 2.05) is 0 Å². The number of hydrogen-bond donors (Lipinski definition) is 0. The molecule has 0 bridgehead atoms.